The molecule has 0 saturated carbocycles. The minimum absolute atomic E-state index is 0.0561. The van der Waals surface area contributed by atoms with Crippen molar-refractivity contribution >= 4 is 34.3 Å². The highest BCUT2D eigenvalue weighted by Crippen LogP contribution is 2.42. The van der Waals surface area contributed by atoms with Crippen molar-refractivity contribution in [2.45, 2.75) is 33.2 Å². The number of hydrogen-bond acceptors (Lipinski definition) is 2. The number of aromatic nitrogens is 1. The molecule has 2 heterocycles. The summed E-state index contributed by atoms with van der Waals surface area (Å²) < 4.78 is 0. The number of nitrogens with two attached hydrogens (primary N) is 1. The number of benzene rings is 2. The molecule has 4 rings (SSSR count). The predicted molar refractivity (Wildman–Crippen MR) is 120 cm³/mol. The molecule has 0 unspecified atom stereocenters. The van der Waals surface area contributed by atoms with Crippen molar-refractivity contribution in [3.63, 3.8) is 0 Å². The highest BCUT2D eigenvalue weighted by atomic mass is 35.5. The molecule has 1 aliphatic rings. The van der Waals surface area contributed by atoms with Gasteiger partial charge in [0.1, 0.15) is 0 Å². The number of aromatic amines is 1. The van der Waals surface area contributed by atoms with Gasteiger partial charge in [-0.3, -0.25) is 9.59 Å². The lowest BCUT2D eigenvalue weighted by Crippen LogP contribution is -2.34. The molecule has 0 spiro atoms. The molecule has 3 aromatic rings. The standard InChI is InChI=1S/C24H24ClN3O2/c1-4-21(30)28-9-8-17-15(12-28)6-5-7-18(17)23-19(25)10-16(11-20(26)29)24-22(23)13(2)14(3)27-24/h4-7,10,27H,1,8-9,11-12H2,2-3H3,(H2,26,29). The Morgan fingerprint density at radius 2 is 2.10 bits per heavy atom. The van der Waals surface area contributed by atoms with Gasteiger partial charge < -0.3 is 15.6 Å². The van der Waals surface area contributed by atoms with E-state index in [1.54, 1.807) is 4.90 Å². The number of halogens is 1. The SMILES string of the molecule is C=CC(=O)N1CCc2c(cccc2-c2c(Cl)cc(CC(N)=O)c3[nH]c(C)c(C)c23)C1. The fourth-order valence-corrected chi connectivity index (χ4v) is 4.77. The summed E-state index contributed by atoms with van der Waals surface area (Å²) in [7, 11) is 0. The summed E-state index contributed by atoms with van der Waals surface area (Å²) in [6.45, 7) is 8.86. The lowest BCUT2D eigenvalue weighted by molar-refractivity contribution is -0.126. The third-order valence-corrected chi connectivity index (χ3v) is 6.30. The molecule has 2 aromatic carbocycles. The van der Waals surface area contributed by atoms with Gasteiger partial charge in [0.15, 0.2) is 0 Å². The van der Waals surface area contributed by atoms with E-state index in [0.717, 1.165) is 50.8 Å². The maximum Gasteiger partial charge on any atom is 0.246 e. The van der Waals surface area contributed by atoms with Crippen molar-refractivity contribution < 1.29 is 9.59 Å². The van der Waals surface area contributed by atoms with Crippen LogP contribution < -0.4 is 5.73 Å². The van der Waals surface area contributed by atoms with Crippen LogP contribution in [0.5, 0.6) is 0 Å². The Morgan fingerprint density at radius 1 is 1.33 bits per heavy atom. The highest BCUT2D eigenvalue weighted by molar-refractivity contribution is 6.35. The number of hydrogen-bond donors (Lipinski definition) is 2. The van der Waals surface area contributed by atoms with Crippen LogP contribution in [0, 0.1) is 13.8 Å². The van der Waals surface area contributed by atoms with Crippen LogP contribution in [-0.2, 0) is 29.0 Å². The monoisotopic (exact) mass is 421 g/mol. The first kappa shape index (κ1) is 20.2. The van der Waals surface area contributed by atoms with Gasteiger partial charge in [0, 0.05) is 34.8 Å². The Morgan fingerprint density at radius 3 is 2.80 bits per heavy atom. The second kappa shape index (κ2) is 7.65. The quantitative estimate of drug-likeness (QED) is 0.619. The molecule has 30 heavy (non-hydrogen) atoms. The van der Waals surface area contributed by atoms with Crippen LogP contribution in [0.4, 0.5) is 0 Å². The van der Waals surface area contributed by atoms with E-state index < -0.39 is 5.91 Å². The van der Waals surface area contributed by atoms with E-state index in [-0.39, 0.29) is 12.3 Å². The van der Waals surface area contributed by atoms with Crippen LogP contribution in [0.15, 0.2) is 36.9 Å². The van der Waals surface area contributed by atoms with Crippen molar-refractivity contribution in [1.29, 1.82) is 0 Å². The van der Waals surface area contributed by atoms with Crippen molar-refractivity contribution in [1.82, 2.24) is 9.88 Å². The van der Waals surface area contributed by atoms with Crippen LogP contribution >= 0.6 is 11.6 Å². The second-order valence-electron chi connectivity index (χ2n) is 7.82. The molecule has 0 atom stereocenters. The van der Waals surface area contributed by atoms with E-state index in [1.807, 2.05) is 19.1 Å². The Bertz CT molecular complexity index is 1210. The van der Waals surface area contributed by atoms with Gasteiger partial charge in [-0.2, -0.15) is 0 Å². The zero-order chi connectivity index (χ0) is 21.6. The molecular formula is C24H24ClN3O2. The first-order chi connectivity index (χ1) is 14.3. The highest BCUT2D eigenvalue weighted by Gasteiger charge is 2.25. The summed E-state index contributed by atoms with van der Waals surface area (Å²) in [6.07, 6.45) is 2.23. The molecule has 0 bridgehead atoms. The van der Waals surface area contributed by atoms with E-state index >= 15 is 0 Å². The Labute approximate surface area is 180 Å². The molecule has 1 aliphatic heterocycles. The van der Waals surface area contributed by atoms with E-state index in [1.165, 1.54) is 11.6 Å². The lowest BCUT2D eigenvalue weighted by Gasteiger charge is -2.30. The first-order valence-electron chi connectivity index (χ1n) is 9.92. The Balaban J connectivity index is 1.94. The third-order valence-electron chi connectivity index (χ3n) is 6.00. The van der Waals surface area contributed by atoms with Gasteiger partial charge >= 0.3 is 0 Å². The van der Waals surface area contributed by atoms with Crippen molar-refractivity contribution in [2.24, 2.45) is 5.73 Å². The van der Waals surface area contributed by atoms with Crippen LogP contribution in [0.3, 0.4) is 0 Å². The molecular weight excluding hydrogens is 398 g/mol. The summed E-state index contributed by atoms with van der Waals surface area (Å²) in [5.74, 6) is -0.450. The number of fused-ring (bicyclic) bond motifs is 2. The van der Waals surface area contributed by atoms with Gasteiger partial charge in [-0.15, -0.1) is 0 Å². The number of primary amides is 1. The van der Waals surface area contributed by atoms with Gasteiger partial charge in [-0.05, 0) is 60.2 Å². The van der Waals surface area contributed by atoms with Gasteiger partial charge in [0.05, 0.1) is 11.9 Å². The fourth-order valence-electron chi connectivity index (χ4n) is 4.44. The summed E-state index contributed by atoms with van der Waals surface area (Å²) in [4.78, 5) is 28.9. The van der Waals surface area contributed by atoms with E-state index in [4.69, 9.17) is 17.3 Å². The number of carbonyl (C=O) groups is 2. The van der Waals surface area contributed by atoms with Gasteiger partial charge in [-0.25, -0.2) is 0 Å². The topological polar surface area (TPSA) is 79.2 Å². The normalized spacial score (nSPS) is 13.4. The van der Waals surface area contributed by atoms with Gasteiger partial charge in [0.2, 0.25) is 11.8 Å². The lowest BCUT2D eigenvalue weighted by atomic mass is 9.87. The number of amides is 2. The van der Waals surface area contributed by atoms with Gasteiger partial charge in [-0.1, -0.05) is 36.4 Å². The number of H-pyrrole nitrogens is 1. The summed E-state index contributed by atoms with van der Waals surface area (Å²) in [5.41, 5.74) is 13.7. The summed E-state index contributed by atoms with van der Waals surface area (Å²) in [6, 6.07) is 7.99. The molecule has 3 N–H and O–H groups in total. The van der Waals surface area contributed by atoms with Crippen molar-refractivity contribution in [2.75, 3.05) is 6.54 Å². The predicted octanol–water partition coefficient (Wildman–Crippen LogP) is 4.20. The zero-order valence-electron chi connectivity index (χ0n) is 17.1. The number of nitrogens with one attached hydrogen (secondary N) is 1. The first-order valence-corrected chi connectivity index (χ1v) is 10.3. The van der Waals surface area contributed by atoms with Crippen molar-refractivity contribution in [3.05, 3.63) is 69.9 Å². The molecule has 2 amide bonds. The maximum absolute atomic E-state index is 12.1. The molecule has 0 fully saturated rings. The average Bonchev–Trinajstić information content (AvgIpc) is 3.01. The molecule has 0 aliphatic carbocycles. The molecule has 0 radical (unpaired) electrons. The number of nitrogens with zero attached hydrogens (tertiary/aromatic N) is 1. The smallest absolute Gasteiger partial charge is 0.246 e. The molecule has 6 heteroatoms. The summed E-state index contributed by atoms with van der Waals surface area (Å²) in [5, 5.41) is 1.62. The Kier molecular flexibility index (Phi) is 5.16. The number of rotatable bonds is 4. The third kappa shape index (κ3) is 3.29. The van der Waals surface area contributed by atoms with E-state index in [0.29, 0.717) is 18.1 Å². The van der Waals surface area contributed by atoms with Crippen molar-refractivity contribution in [3.8, 4) is 11.1 Å². The largest absolute Gasteiger partial charge is 0.369 e. The van der Waals surface area contributed by atoms with Crippen LogP contribution in [0.1, 0.15) is 27.9 Å². The van der Waals surface area contributed by atoms with Crippen LogP contribution in [0.2, 0.25) is 5.02 Å². The average molecular weight is 422 g/mol. The fraction of sp³-hybridized carbons (Fsp3) is 0.250. The second-order valence-corrected chi connectivity index (χ2v) is 8.22. The molecule has 0 saturated heterocycles. The number of carbonyl (C=O) groups excluding carboxylic acids is 2. The minimum atomic E-state index is -0.394. The molecule has 5 nitrogen and oxygen atoms in total. The molecule has 154 valence electrons. The molecule has 1 aromatic heterocycles. The zero-order valence-corrected chi connectivity index (χ0v) is 17.9. The Hall–Kier alpha value is -3.05. The van der Waals surface area contributed by atoms with Crippen LogP contribution in [0.25, 0.3) is 22.0 Å². The van der Waals surface area contributed by atoms with E-state index in [9.17, 15) is 9.59 Å². The van der Waals surface area contributed by atoms with Gasteiger partial charge in [0.25, 0.3) is 0 Å². The summed E-state index contributed by atoms with van der Waals surface area (Å²) >= 11 is 6.81. The number of aryl methyl sites for hydroxylation is 2. The maximum atomic E-state index is 12.1. The van der Waals surface area contributed by atoms with E-state index in [2.05, 4.69) is 30.6 Å². The minimum Gasteiger partial charge on any atom is -0.369 e. The van der Waals surface area contributed by atoms with Crippen LogP contribution in [-0.4, -0.2) is 28.2 Å².